The summed E-state index contributed by atoms with van der Waals surface area (Å²) in [7, 11) is 0. The predicted molar refractivity (Wildman–Crippen MR) is 77.4 cm³/mol. The monoisotopic (exact) mass is 352 g/mol. The molecule has 5 heteroatoms. The molecule has 20 heavy (non-hydrogen) atoms. The number of anilines is 1. The highest BCUT2D eigenvalue weighted by atomic mass is 79.9. The summed E-state index contributed by atoms with van der Waals surface area (Å²) in [6.45, 7) is 5.48. The van der Waals surface area contributed by atoms with E-state index in [1.165, 1.54) is 16.8 Å². The first-order valence-electron chi connectivity index (χ1n) is 6.59. The molecule has 0 radical (unpaired) electrons. The van der Waals surface area contributed by atoms with E-state index in [0.717, 1.165) is 24.6 Å². The Morgan fingerprint density at radius 2 is 2.05 bits per heavy atom. The number of aryl methyl sites for hydroxylation is 1. The van der Waals surface area contributed by atoms with E-state index in [1.54, 1.807) is 18.3 Å². The Hall–Kier alpha value is -1.20. The molecule has 1 aromatic carbocycles. The van der Waals surface area contributed by atoms with Gasteiger partial charge in [0, 0.05) is 17.9 Å². The Balaban J connectivity index is 0.00000147. The zero-order valence-corrected chi connectivity index (χ0v) is 14.0. The lowest BCUT2D eigenvalue weighted by atomic mass is 10.1. The van der Waals surface area contributed by atoms with Gasteiger partial charge in [0.2, 0.25) is 0 Å². The van der Waals surface area contributed by atoms with Crippen molar-refractivity contribution in [2.75, 3.05) is 11.4 Å². The van der Waals surface area contributed by atoms with Crippen molar-refractivity contribution in [3.63, 3.8) is 0 Å². The maximum absolute atomic E-state index is 11.6. The van der Waals surface area contributed by atoms with Gasteiger partial charge in [0.05, 0.1) is 0 Å². The highest BCUT2D eigenvalue weighted by Crippen LogP contribution is 2.28. The molecule has 3 rings (SSSR count). The molecule has 0 saturated heterocycles. The van der Waals surface area contributed by atoms with Crippen LogP contribution in [0.1, 0.15) is 19.4 Å². The van der Waals surface area contributed by atoms with Crippen molar-refractivity contribution in [1.82, 2.24) is 0 Å². The fourth-order valence-electron chi connectivity index (χ4n) is 2.49. The number of amides is 1. The quantitative estimate of drug-likeness (QED) is 0.677. The van der Waals surface area contributed by atoms with Crippen LogP contribution in [0.2, 0.25) is 0 Å². The average molecular weight is 353 g/mol. The van der Waals surface area contributed by atoms with Gasteiger partial charge in [-0.2, -0.15) is 4.90 Å². The second-order valence-electron chi connectivity index (χ2n) is 4.78. The van der Waals surface area contributed by atoms with Crippen LogP contribution in [0.5, 0.6) is 0 Å². The second-order valence-corrected chi connectivity index (χ2v) is 5.61. The topological polar surface area (TPSA) is 24.2 Å². The first kappa shape index (κ1) is 15.2. The van der Waals surface area contributed by atoms with Gasteiger partial charge in [0.15, 0.2) is 0 Å². The summed E-state index contributed by atoms with van der Waals surface area (Å²) in [6.07, 6.45) is 1.06. The molecule has 1 aliphatic rings. The number of carbonyl (C=O) groups is 1. The van der Waals surface area contributed by atoms with E-state index in [0.29, 0.717) is 0 Å². The Kier molecular flexibility index (Phi) is 4.60. The molecule has 106 valence electrons. The van der Waals surface area contributed by atoms with Crippen LogP contribution in [-0.4, -0.2) is 12.5 Å². The smallest absolute Gasteiger partial charge is 0.344 e. The van der Waals surface area contributed by atoms with Gasteiger partial charge in [-0.05, 0) is 12.0 Å². The average Bonchev–Trinajstić information content (AvgIpc) is 2.99. The lowest BCUT2D eigenvalue weighted by molar-refractivity contribution is -0.655. The van der Waals surface area contributed by atoms with Crippen LogP contribution in [0.25, 0.3) is 11.3 Å². The number of hydrogen-bond donors (Lipinski definition) is 0. The first-order chi connectivity index (χ1) is 9.20. The lowest BCUT2D eigenvalue weighted by Gasteiger charge is -2.01. The highest BCUT2D eigenvalue weighted by molar-refractivity contribution is 7.13. The van der Waals surface area contributed by atoms with Gasteiger partial charge in [0.25, 0.3) is 0 Å². The number of halogens is 1. The van der Waals surface area contributed by atoms with E-state index in [9.17, 15) is 4.79 Å². The van der Waals surface area contributed by atoms with E-state index < -0.39 is 0 Å². The Bertz CT molecular complexity index is 621. The van der Waals surface area contributed by atoms with Gasteiger partial charge < -0.3 is 17.0 Å². The Morgan fingerprint density at radius 3 is 2.65 bits per heavy atom. The van der Waals surface area contributed by atoms with Crippen molar-refractivity contribution in [3.05, 3.63) is 35.2 Å². The van der Waals surface area contributed by atoms with Gasteiger partial charge in [-0.1, -0.05) is 42.5 Å². The summed E-state index contributed by atoms with van der Waals surface area (Å²) in [5.41, 5.74) is 3.79. The molecule has 0 bridgehead atoms. The number of benzene rings is 1. The third-order valence-electron chi connectivity index (χ3n) is 3.61. The zero-order chi connectivity index (χ0) is 13.4. The lowest BCUT2D eigenvalue weighted by Crippen LogP contribution is -3.00. The molecule has 3 nitrogen and oxygen atoms in total. The molecule has 0 atom stereocenters. The maximum atomic E-state index is 11.6. The van der Waals surface area contributed by atoms with Gasteiger partial charge in [-0.25, -0.2) is 9.36 Å². The van der Waals surface area contributed by atoms with Crippen molar-refractivity contribution in [2.45, 2.75) is 26.8 Å². The van der Waals surface area contributed by atoms with E-state index in [2.05, 4.69) is 41.1 Å². The SMILES string of the molecule is CCc1ccc(-c2csc3[n+]2CCN3C(C)=O)cc1.[Br-]. The summed E-state index contributed by atoms with van der Waals surface area (Å²) < 4.78 is 2.24. The molecular weight excluding hydrogens is 336 g/mol. The van der Waals surface area contributed by atoms with Crippen molar-refractivity contribution >= 4 is 22.4 Å². The van der Waals surface area contributed by atoms with E-state index in [1.807, 2.05) is 4.90 Å². The van der Waals surface area contributed by atoms with Crippen LogP contribution in [0.3, 0.4) is 0 Å². The van der Waals surface area contributed by atoms with E-state index in [-0.39, 0.29) is 22.9 Å². The third kappa shape index (κ3) is 2.52. The minimum atomic E-state index is 0. The van der Waals surface area contributed by atoms with Crippen molar-refractivity contribution in [1.29, 1.82) is 0 Å². The van der Waals surface area contributed by atoms with Gasteiger partial charge in [-0.15, -0.1) is 0 Å². The molecule has 1 amide bonds. The zero-order valence-electron chi connectivity index (χ0n) is 11.6. The molecule has 0 N–H and O–H groups in total. The largest absolute Gasteiger partial charge is 1.00 e. The molecule has 1 aromatic heterocycles. The normalized spacial score (nSPS) is 13.0. The van der Waals surface area contributed by atoms with Crippen LogP contribution in [0.4, 0.5) is 5.13 Å². The summed E-state index contributed by atoms with van der Waals surface area (Å²) >= 11 is 1.65. The number of rotatable bonds is 2. The molecule has 0 spiro atoms. The van der Waals surface area contributed by atoms with Gasteiger partial charge >= 0.3 is 11.0 Å². The number of fused-ring (bicyclic) bond motifs is 1. The summed E-state index contributed by atoms with van der Waals surface area (Å²) in [5, 5.41) is 3.20. The number of nitrogens with zero attached hydrogens (tertiary/aromatic N) is 2. The van der Waals surface area contributed by atoms with Crippen LogP contribution in [0.15, 0.2) is 29.6 Å². The van der Waals surface area contributed by atoms with Crippen molar-refractivity contribution in [2.24, 2.45) is 0 Å². The number of thiazole rings is 1. The number of hydrogen-bond acceptors (Lipinski definition) is 2. The van der Waals surface area contributed by atoms with Crippen LogP contribution >= 0.6 is 11.3 Å². The molecule has 0 saturated carbocycles. The Morgan fingerprint density at radius 1 is 1.35 bits per heavy atom. The minimum Gasteiger partial charge on any atom is -1.00 e. The molecule has 0 fully saturated rings. The van der Waals surface area contributed by atoms with Crippen molar-refractivity contribution < 1.29 is 26.3 Å². The number of carbonyl (C=O) groups excluding carboxylic acids is 1. The minimum absolute atomic E-state index is 0. The molecule has 2 aromatic rings. The van der Waals surface area contributed by atoms with Crippen LogP contribution < -0.4 is 26.4 Å². The molecule has 2 heterocycles. The molecule has 1 aliphatic heterocycles. The van der Waals surface area contributed by atoms with Gasteiger partial charge in [0.1, 0.15) is 18.8 Å². The van der Waals surface area contributed by atoms with E-state index >= 15 is 0 Å². The van der Waals surface area contributed by atoms with Crippen LogP contribution in [-0.2, 0) is 17.8 Å². The molecular formula is C15H17BrN2OS. The molecule has 0 unspecified atom stereocenters. The summed E-state index contributed by atoms with van der Waals surface area (Å²) in [5.74, 6) is 0.126. The molecule has 0 aliphatic carbocycles. The first-order valence-corrected chi connectivity index (χ1v) is 7.47. The predicted octanol–water partition coefficient (Wildman–Crippen LogP) is -0.365. The second kappa shape index (κ2) is 6.06. The fraction of sp³-hybridized carbons (Fsp3) is 0.333. The van der Waals surface area contributed by atoms with Gasteiger partial charge in [-0.3, -0.25) is 0 Å². The third-order valence-corrected chi connectivity index (χ3v) is 4.61. The van der Waals surface area contributed by atoms with E-state index in [4.69, 9.17) is 0 Å². The van der Waals surface area contributed by atoms with Crippen molar-refractivity contribution in [3.8, 4) is 11.3 Å². The number of aromatic nitrogens is 1. The highest BCUT2D eigenvalue weighted by Gasteiger charge is 2.35. The van der Waals surface area contributed by atoms with Crippen LogP contribution in [0, 0.1) is 0 Å². The summed E-state index contributed by atoms with van der Waals surface area (Å²) in [4.78, 5) is 13.4. The maximum Gasteiger partial charge on any atom is 0.344 e. The Labute approximate surface area is 133 Å². The fourth-order valence-corrected chi connectivity index (χ4v) is 3.63. The standard InChI is InChI=1S/C15H17N2OS.BrH/c1-3-12-4-6-13(7-5-12)14-10-19-15-16(11(2)18)8-9-17(14)15;/h4-7,10H,3,8-9H2,1-2H3;1H/q+1;/p-1. The summed E-state index contributed by atoms with van der Waals surface area (Å²) in [6, 6.07) is 8.70.